The minimum atomic E-state index is -0.550. The van der Waals surface area contributed by atoms with E-state index in [1.165, 1.54) is 0 Å². The van der Waals surface area contributed by atoms with Gasteiger partial charge in [-0.1, -0.05) is 25.1 Å². The molecule has 1 heterocycles. The normalized spacial score (nSPS) is 15.7. The predicted octanol–water partition coefficient (Wildman–Crippen LogP) is 3.91. The number of benzene rings is 2. The molecule has 1 fully saturated rings. The van der Waals surface area contributed by atoms with Crippen LogP contribution in [0.4, 0.5) is 5.69 Å². The molecule has 2 aromatic rings. The van der Waals surface area contributed by atoms with Crippen LogP contribution in [-0.4, -0.2) is 37.8 Å². The largest absolute Gasteiger partial charge is 0.491 e. The van der Waals surface area contributed by atoms with Gasteiger partial charge in [0.2, 0.25) is 0 Å². The van der Waals surface area contributed by atoms with Gasteiger partial charge >= 0.3 is 5.97 Å². The molecule has 0 aliphatic carbocycles. The summed E-state index contributed by atoms with van der Waals surface area (Å²) in [5.41, 5.74) is 3.17. The second kappa shape index (κ2) is 10.1. The molecule has 0 radical (unpaired) electrons. The van der Waals surface area contributed by atoms with Gasteiger partial charge in [0.1, 0.15) is 12.4 Å². The van der Waals surface area contributed by atoms with Crippen LogP contribution in [0.3, 0.4) is 0 Å². The number of ether oxygens (including phenoxy) is 3. The summed E-state index contributed by atoms with van der Waals surface area (Å²) >= 11 is 0. The number of carbonyl (C=O) groups is 2. The summed E-state index contributed by atoms with van der Waals surface area (Å²) in [7, 11) is 0. The third-order valence-electron chi connectivity index (χ3n) is 4.89. The third-order valence-corrected chi connectivity index (χ3v) is 4.89. The molecule has 1 atom stereocenters. The average Bonchev–Trinajstić information content (AvgIpc) is 3.26. The van der Waals surface area contributed by atoms with Crippen molar-refractivity contribution in [3.8, 4) is 5.75 Å². The van der Waals surface area contributed by atoms with Gasteiger partial charge in [-0.2, -0.15) is 0 Å². The van der Waals surface area contributed by atoms with Crippen molar-refractivity contribution in [3.63, 3.8) is 0 Å². The molecule has 154 valence electrons. The molecule has 1 saturated heterocycles. The quantitative estimate of drug-likeness (QED) is 0.684. The second-order valence-electron chi connectivity index (χ2n) is 7.06. The highest BCUT2D eigenvalue weighted by atomic mass is 16.5. The molecule has 3 rings (SSSR count). The summed E-state index contributed by atoms with van der Waals surface area (Å²) < 4.78 is 16.3. The van der Waals surface area contributed by atoms with Crippen LogP contribution in [0, 0.1) is 6.92 Å². The maximum Gasteiger partial charge on any atom is 0.338 e. The maximum atomic E-state index is 12.2. The zero-order valence-electron chi connectivity index (χ0n) is 16.9. The van der Waals surface area contributed by atoms with Crippen molar-refractivity contribution in [2.24, 2.45) is 0 Å². The zero-order valence-corrected chi connectivity index (χ0v) is 16.9. The smallest absolute Gasteiger partial charge is 0.338 e. The number of nitrogens with one attached hydrogen (secondary N) is 1. The third kappa shape index (κ3) is 5.81. The van der Waals surface area contributed by atoms with Gasteiger partial charge in [-0.15, -0.1) is 0 Å². The Morgan fingerprint density at radius 2 is 1.97 bits per heavy atom. The van der Waals surface area contributed by atoms with Gasteiger partial charge in [-0.25, -0.2) is 4.79 Å². The maximum absolute atomic E-state index is 12.2. The highest BCUT2D eigenvalue weighted by Crippen LogP contribution is 2.21. The Bertz CT molecular complexity index is 841. The number of para-hydroxylation sites is 1. The predicted molar refractivity (Wildman–Crippen MR) is 110 cm³/mol. The van der Waals surface area contributed by atoms with Gasteiger partial charge < -0.3 is 19.5 Å². The first-order valence-electron chi connectivity index (χ1n) is 9.96. The molecule has 0 bridgehead atoms. The number of rotatable bonds is 8. The fourth-order valence-corrected chi connectivity index (χ4v) is 3.24. The van der Waals surface area contributed by atoms with Gasteiger partial charge in [-0.05, 0) is 61.6 Å². The van der Waals surface area contributed by atoms with Crippen LogP contribution < -0.4 is 10.1 Å². The molecule has 1 amide bonds. The van der Waals surface area contributed by atoms with Crippen LogP contribution in [-0.2, 0) is 20.7 Å². The number of anilines is 1. The van der Waals surface area contributed by atoms with E-state index >= 15 is 0 Å². The van der Waals surface area contributed by atoms with Crippen molar-refractivity contribution < 1.29 is 23.8 Å². The fourth-order valence-electron chi connectivity index (χ4n) is 3.24. The van der Waals surface area contributed by atoms with E-state index in [1.807, 2.05) is 32.0 Å². The lowest BCUT2D eigenvalue weighted by Crippen LogP contribution is -2.22. The molecular weight excluding hydrogens is 370 g/mol. The van der Waals surface area contributed by atoms with E-state index in [-0.39, 0.29) is 18.6 Å². The minimum Gasteiger partial charge on any atom is -0.491 e. The van der Waals surface area contributed by atoms with E-state index in [0.717, 1.165) is 42.7 Å². The molecule has 6 nitrogen and oxygen atoms in total. The van der Waals surface area contributed by atoms with E-state index in [1.54, 1.807) is 24.3 Å². The number of esters is 1. The van der Waals surface area contributed by atoms with Crippen LogP contribution in [0.1, 0.15) is 41.3 Å². The van der Waals surface area contributed by atoms with Crippen molar-refractivity contribution >= 4 is 17.6 Å². The molecule has 2 aromatic carbocycles. The van der Waals surface area contributed by atoms with Crippen LogP contribution in [0.5, 0.6) is 5.75 Å². The average molecular weight is 397 g/mol. The number of hydrogen-bond acceptors (Lipinski definition) is 5. The zero-order chi connectivity index (χ0) is 20.6. The van der Waals surface area contributed by atoms with Gasteiger partial charge in [0.15, 0.2) is 6.61 Å². The van der Waals surface area contributed by atoms with Gasteiger partial charge in [-0.3, -0.25) is 4.79 Å². The molecule has 1 aliphatic rings. The summed E-state index contributed by atoms with van der Waals surface area (Å²) in [6, 6.07) is 12.5. The molecule has 6 heteroatoms. The molecule has 1 N–H and O–H groups in total. The second-order valence-corrected chi connectivity index (χ2v) is 7.06. The topological polar surface area (TPSA) is 73.9 Å². The fraction of sp³-hybridized carbons (Fsp3) is 0.391. The Morgan fingerprint density at radius 3 is 2.66 bits per heavy atom. The number of carbonyl (C=O) groups excluding carboxylic acids is 2. The van der Waals surface area contributed by atoms with E-state index < -0.39 is 5.97 Å². The Kier molecular flexibility index (Phi) is 7.25. The monoisotopic (exact) mass is 397 g/mol. The first-order valence-corrected chi connectivity index (χ1v) is 9.96. The van der Waals surface area contributed by atoms with Crippen LogP contribution >= 0.6 is 0 Å². The number of aryl methyl sites for hydroxylation is 2. The Labute approximate surface area is 171 Å². The van der Waals surface area contributed by atoms with Crippen molar-refractivity contribution in [2.45, 2.75) is 39.2 Å². The molecule has 0 unspecified atom stereocenters. The summed E-state index contributed by atoms with van der Waals surface area (Å²) in [5.74, 6) is -0.244. The molecule has 0 aromatic heterocycles. The lowest BCUT2D eigenvalue weighted by atomic mass is 10.1. The van der Waals surface area contributed by atoms with Crippen molar-refractivity contribution in [2.75, 3.05) is 25.1 Å². The standard InChI is InChI=1S/C23H27NO5/c1-3-17-7-4-6-16(2)22(17)24-21(25)15-29-23(26)18-9-11-19(12-10-18)28-14-20-8-5-13-27-20/h4,6-7,9-12,20H,3,5,8,13-15H2,1-2H3,(H,24,25)/t20-/m0/s1. The first kappa shape index (κ1) is 20.9. The molecule has 0 saturated carbocycles. The van der Waals surface area contributed by atoms with E-state index in [4.69, 9.17) is 14.2 Å². The van der Waals surface area contributed by atoms with Crippen LogP contribution in [0.2, 0.25) is 0 Å². The van der Waals surface area contributed by atoms with Crippen molar-refractivity contribution in [3.05, 3.63) is 59.2 Å². The Morgan fingerprint density at radius 1 is 1.17 bits per heavy atom. The minimum absolute atomic E-state index is 0.139. The van der Waals surface area contributed by atoms with Crippen LogP contribution in [0.15, 0.2) is 42.5 Å². The van der Waals surface area contributed by atoms with E-state index in [9.17, 15) is 9.59 Å². The Hall–Kier alpha value is -2.86. The van der Waals surface area contributed by atoms with Crippen molar-refractivity contribution in [1.82, 2.24) is 0 Å². The van der Waals surface area contributed by atoms with E-state index in [0.29, 0.717) is 17.9 Å². The molecule has 0 spiro atoms. The Balaban J connectivity index is 1.48. The summed E-state index contributed by atoms with van der Waals surface area (Å²) in [6.45, 7) is 4.91. The number of hydrogen-bond donors (Lipinski definition) is 1. The lowest BCUT2D eigenvalue weighted by Gasteiger charge is -2.13. The highest BCUT2D eigenvalue weighted by molar-refractivity contribution is 5.96. The van der Waals surface area contributed by atoms with Gasteiger partial charge in [0.05, 0.1) is 11.7 Å². The van der Waals surface area contributed by atoms with Gasteiger partial charge in [0.25, 0.3) is 5.91 Å². The molecule has 29 heavy (non-hydrogen) atoms. The van der Waals surface area contributed by atoms with E-state index in [2.05, 4.69) is 5.32 Å². The molecule has 1 aliphatic heterocycles. The molecular formula is C23H27NO5. The first-order chi connectivity index (χ1) is 14.1. The number of amides is 1. The van der Waals surface area contributed by atoms with Gasteiger partial charge in [0, 0.05) is 12.3 Å². The van der Waals surface area contributed by atoms with Crippen molar-refractivity contribution in [1.29, 1.82) is 0 Å². The SMILES string of the molecule is CCc1cccc(C)c1NC(=O)COC(=O)c1ccc(OC[C@@H]2CCCO2)cc1. The lowest BCUT2D eigenvalue weighted by molar-refractivity contribution is -0.119. The summed E-state index contributed by atoms with van der Waals surface area (Å²) in [4.78, 5) is 24.4. The highest BCUT2D eigenvalue weighted by Gasteiger charge is 2.16. The summed E-state index contributed by atoms with van der Waals surface area (Å²) in [5, 5.41) is 2.84. The summed E-state index contributed by atoms with van der Waals surface area (Å²) in [6.07, 6.45) is 3.02. The van der Waals surface area contributed by atoms with Crippen LogP contribution in [0.25, 0.3) is 0 Å².